The minimum atomic E-state index is -0.0405. The van der Waals surface area contributed by atoms with Crippen LogP contribution < -0.4 is 5.73 Å². The summed E-state index contributed by atoms with van der Waals surface area (Å²) in [6, 6.07) is 1.65. The van der Waals surface area contributed by atoms with Crippen molar-refractivity contribution in [3.63, 3.8) is 0 Å². The molecular weight excluding hydrogens is 218 g/mol. The Morgan fingerprint density at radius 3 is 2.82 bits per heavy atom. The number of hydrogen-bond donors (Lipinski definition) is 2. The van der Waals surface area contributed by atoms with Crippen molar-refractivity contribution >= 4 is 11.6 Å². The van der Waals surface area contributed by atoms with Gasteiger partial charge in [-0.3, -0.25) is 9.78 Å². The molecule has 0 aliphatic carbocycles. The number of pyridine rings is 1. The van der Waals surface area contributed by atoms with Crippen molar-refractivity contribution in [2.45, 2.75) is 12.8 Å². The van der Waals surface area contributed by atoms with E-state index in [1.54, 1.807) is 17.2 Å². The molecule has 0 aromatic carbocycles. The average Bonchev–Trinajstić information content (AvgIpc) is 2.39. The maximum absolute atomic E-state index is 12.2. The van der Waals surface area contributed by atoms with Gasteiger partial charge in [0.2, 0.25) is 0 Å². The van der Waals surface area contributed by atoms with Gasteiger partial charge in [-0.05, 0) is 24.8 Å². The molecule has 1 aliphatic rings. The number of hydrogen-bond acceptors (Lipinski definition) is 4. The molecule has 0 atom stereocenters. The highest BCUT2D eigenvalue weighted by Gasteiger charge is 2.24. The Kier molecular flexibility index (Phi) is 3.58. The smallest absolute Gasteiger partial charge is 0.256 e. The number of nitrogens with two attached hydrogens (primary N) is 1. The lowest BCUT2D eigenvalue weighted by atomic mass is 9.97. The fraction of sp³-hybridized carbons (Fsp3) is 0.500. The van der Waals surface area contributed by atoms with Crippen molar-refractivity contribution < 1.29 is 9.90 Å². The molecular formula is C12H17N3O2. The van der Waals surface area contributed by atoms with Crippen LogP contribution in [0.2, 0.25) is 0 Å². The highest BCUT2D eigenvalue weighted by molar-refractivity contribution is 5.98. The number of aromatic nitrogens is 1. The molecule has 1 saturated heterocycles. The first-order chi connectivity index (χ1) is 8.22. The molecule has 1 aliphatic heterocycles. The summed E-state index contributed by atoms with van der Waals surface area (Å²) in [7, 11) is 0. The topological polar surface area (TPSA) is 79.5 Å². The minimum Gasteiger partial charge on any atom is -0.397 e. The van der Waals surface area contributed by atoms with Crippen LogP contribution in [0.15, 0.2) is 18.5 Å². The van der Waals surface area contributed by atoms with Gasteiger partial charge in [0.1, 0.15) is 0 Å². The molecule has 17 heavy (non-hydrogen) atoms. The van der Waals surface area contributed by atoms with Gasteiger partial charge in [-0.15, -0.1) is 0 Å². The maximum atomic E-state index is 12.2. The zero-order chi connectivity index (χ0) is 12.3. The Hall–Kier alpha value is -1.62. The molecule has 1 aromatic heterocycles. The van der Waals surface area contributed by atoms with Crippen LogP contribution in [0.5, 0.6) is 0 Å². The SMILES string of the molecule is Nc1cnccc1C(=O)N1CCC(CO)CC1. The van der Waals surface area contributed by atoms with Crippen LogP contribution in [-0.4, -0.2) is 40.6 Å². The number of aliphatic hydroxyl groups is 1. The first-order valence-electron chi connectivity index (χ1n) is 5.82. The Morgan fingerprint density at radius 1 is 1.53 bits per heavy atom. The van der Waals surface area contributed by atoms with Crippen LogP contribution in [0.3, 0.4) is 0 Å². The molecule has 0 saturated carbocycles. The van der Waals surface area contributed by atoms with Crippen LogP contribution in [-0.2, 0) is 0 Å². The predicted octanol–water partition coefficient (Wildman–Crippen LogP) is 0.508. The zero-order valence-corrected chi connectivity index (χ0v) is 9.67. The summed E-state index contributed by atoms with van der Waals surface area (Å²) in [5.41, 5.74) is 6.67. The van der Waals surface area contributed by atoms with E-state index in [0.29, 0.717) is 30.3 Å². The molecule has 1 fully saturated rings. The van der Waals surface area contributed by atoms with Crippen LogP contribution in [0.25, 0.3) is 0 Å². The van der Waals surface area contributed by atoms with Gasteiger partial charge in [-0.25, -0.2) is 0 Å². The molecule has 92 valence electrons. The van der Waals surface area contributed by atoms with E-state index >= 15 is 0 Å². The Morgan fingerprint density at radius 2 is 2.24 bits per heavy atom. The lowest BCUT2D eigenvalue weighted by molar-refractivity contribution is 0.0652. The monoisotopic (exact) mass is 235 g/mol. The number of likely N-dealkylation sites (tertiary alicyclic amines) is 1. The molecule has 2 rings (SSSR count). The van der Waals surface area contributed by atoms with Gasteiger partial charge in [-0.1, -0.05) is 0 Å². The van der Waals surface area contributed by atoms with Gasteiger partial charge in [0.15, 0.2) is 0 Å². The highest BCUT2D eigenvalue weighted by atomic mass is 16.3. The summed E-state index contributed by atoms with van der Waals surface area (Å²) in [5.74, 6) is 0.287. The van der Waals surface area contributed by atoms with Crippen molar-refractivity contribution in [1.82, 2.24) is 9.88 Å². The Balaban J connectivity index is 2.04. The average molecular weight is 235 g/mol. The first kappa shape index (κ1) is 11.9. The fourth-order valence-electron chi connectivity index (χ4n) is 2.09. The van der Waals surface area contributed by atoms with Gasteiger partial charge < -0.3 is 15.7 Å². The van der Waals surface area contributed by atoms with Crippen LogP contribution >= 0.6 is 0 Å². The van der Waals surface area contributed by atoms with E-state index in [1.165, 1.54) is 6.20 Å². The number of carbonyl (C=O) groups is 1. The van der Waals surface area contributed by atoms with Gasteiger partial charge in [0, 0.05) is 25.9 Å². The number of rotatable bonds is 2. The number of nitrogen functional groups attached to an aromatic ring is 1. The molecule has 3 N–H and O–H groups in total. The summed E-state index contributed by atoms with van der Waals surface area (Å²) < 4.78 is 0. The minimum absolute atomic E-state index is 0.0405. The number of piperidine rings is 1. The molecule has 0 spiro atoms. The van der Waals surface area contributed by atoms with Crippen molar-refractivity contribution in [2.24, 2.45) is 5.92 Å². The van der Waals surface area contributed by atoms with E-state index in [9.17, 15) is 4.79 Å². The zero-order valence-electron chi connectivity index (χ0n) is 9.67. The molecule has 1 amide bonds. The van der Waals surface area contributed by atoms with Crippen molar-refractivity contribution in [3.8, 4) is 0 Å². The third kappa shape index (κ3) is 2.55. The second kappa shape index (κ2) is 5.14. The van der Waals surface area contributed by atoms with Crippen LogP contribution in [0.4, 0.5) is 5.69 Å². The largest absolute Gasteiger partial charge is 0.397 e. The lowest BCUT2D eigenvalue weighted by Crippen LogP contribution is -2.39. The third-order valence-electron chi connectivity index (χ3n) is 3.24. The van der Waals surface area contributed by atoms with Gasteiger partial charge >= 0.3 is 0 Å². The number of nitrogens with zero attached hydrogens (tertiary/aromatic N) is 2. The second-order valence-corrected chi connectivity index (χ2v) is 4.38. The van der Waals surface area contributed by atoms with E-state index in [2.05, 4.69) is 4.98 Å². The quantitative estimate of drug-likeness (QED) is 0.782. The van der Waals surface area contributed by atoms with E-state index in [0.717, 1.165) is 12.8 Å². The summed E-state index contributed by atoms with van der Waals surface area (Å²) >= 11 is 0. The third-order valence-corrected chi connectivity index (χ3v) is 3.24. The van der Waals surface area contributed by atoms with Gasteiger partial charge in [0.05, 0.1) is 17.4 Å². The lowest BCUT2D eigenvalue weighted by Gasteiger charge is -2.31. The van der Waals surface area contributed by atoms with Crippen molar-refractivity contribution in [3.05, 3.63) is 24.0 Å². The summed E-state index contributed by atoms with van der Waals surface area (Å²) in [6.07, 6.45) is 4.78. The van der Waals surface area contributed by atoms with Crippen LogP contribution in [0, 0.1) is 5.92 Å². The summed E-state index contributed by atoms with van der Waals surface area (Å²) in [4.78, 5) is 17.8. The van der Waals surface area contributed by atoms with E-state index in [1.807, 2.05) is 0 Å². The Labute approximate surface area is 100 Å². The molecule has 2 heterocycles. The highest BCUT2D eigenvalue weighted by Crippen LogP contribution is 2.20. The number of anilines is 1. The first-order valence-corrected chi connectivity index (χ1v) is 5.82. The molecule has 5 heteroatoms. The number of carbonyl (C=O) groups excluding carboxylic acids is 1. The maximum Gasteiger partial charge on any atom is 0.256 e. The van der Waals surface area contributed by atoms with Crippen molar-refractivity contribution in [2.75, 3.05) is 25.4 Å². The van der Waals surface area contributed by atoms with E-state index in [4.69, 9.17) is 10.8 Å². The van der Waals surface area contributed by atoms with Crippen molar-refractivity contribution in [1.29, 1.82) is 0 Å². The van der Waals surface area contributed by atoms with Crippen LogP contribution in [0.1, 0.15) is 23.2 Å². The molecule has 1 aromatic rings. The van der Waals surface area contributed by atoms with E-state index in [-0.39, 0.29) is 12.5 Å². The Bertz CT molecular complexity index is 400. The summed E-state index contributed by atoms with van der Waals surface area (Å²) in [5, 5.41) is 9.05. The normalized spacial score (nSPS) is 17.1. The van der Waals surface area contributed by atoms with Gasteiger partial charge in [0.25, 0.3) is 5.91 Å². The predicted molar refractivity (Wildman–Crippen MR) is 64.4 cm³/mol. The van der Waals surface area contributed by atoms with E-state index < -0.39 is 0 Å². The number of amides is 1. The van der Waals surface area contributed by atoms with Gasteiger partial charge in [-0.2, -0.15) is 0 Å². The molecule has 0 unspecified atom stereocenters. The fourth-order valence-corrected chi connectivity index (χ4v) is 2.09. The second-order valence-electron chi connectivity index (χ2n) is 4.38. The number of aliphatic hydroxyl groups excluding tert-OH is 1. The molecule has 0 radical (unpaired) electrons. The summed E-state index contributed by atoms with van der Waals surface area (Å²) in [6.45, 7) is 1.58. The standard InChI is InChI=1S/C12H17N3O2/c13-11-7-14-4-1-10(11)12(17)15-5-2-9(8-16)3-6-15/h1,4,7,9,16H,2-3,5-6,8,13H2. The molecule has 0 bridgehead atoms. The molecule has 5 nitrogen and oxygen atoms in total.